The van der Waals surface area contributed by atoms with E-state index in [4.69, 9.17) is 4.52 Å². The van der Waals surface area contributed by atoms with E-state index >= 15 is 0 Å². The SMILES string of the molecule is O=C(Cc1noc2ccccc12)Nc1cccnc1N1CCCCC1. The molecule has 25 heavy (non-hydrogen) atoms. The number of carbonyl (C=O) groups is 1. The van der Waals surface area contributed by atoms with Gasteiger partial charge in [-0.2, -0.15) is 0 Å². The molecule has 0 radical (unpaired) electrons. The summed E-state index contributed by atoms with van der Waals surface area (Å²) in [5.41, 5.74) is 2.10. The van der Waals surface area contributed by atoms with Gasteiger partial charge in [0.15, 0.2) is 11.4 Å². The standard InChI is InChI=1S/C19H20N4O2/c24-18(13-16-14-7-2-3-9-17(14)25-22-16)21-15-8-6-10-20-19(15)23-11-4-1-5-12-23/h2-3,6-10H,1,4-5,11-13H2,(H,21,24). The Morgan fingerprint density at radius 2 is 1.96 bits per heavy atom. The Balaban J connectivity index is 1.51. The molecule has 0 spiro atoms. The Kier molecular flexibility index (Phi) is 4.33. The van der Waals surface area contributed by atoms with Gasteiger partial charge in [-0.1, -0.05) is 17.3 Å². The lowest BCUT2D eigenvalue weighted by molar-refractivity contribution is -0.115. The molecule has 6 heteroatoms. The molecule has 1 amide bonds. The monoisotopic (exact) mass is 336 g/mol. The van der Waals surface area contributed by atoms with Gasteiger partial charge < -0.3 is 14.7 Å². The maximum absolute atomic E-state index is 12.5. The Bertz CT molecular complexity index is 884. The smallest absolute Gasteiger partial charge is 0.230 e. The van der Waals surface area contributed by atoms with Crippen LogP contribution in [0.15, 0.2) is 47.1 Å². The van der Waals surface area contributed by atoms with Gasteiger partial charge in [-0.15, -0.1) is 0 Å². The third-order valence-corrected chi connectivity index (χ3v) is 4.50. The van der Waals surface area contributed by atoms with E-state index in [2.05, 4.69) is 20.4 Å². The first kappa shape index (κ1) is 15.6. The predicted octanol–water partition coefficient (Wildman–Crippen LogP) is 3.39. The molecule has 0 aliphatic carbocycles. The number of benzene rings is 1. The number of aromatic nitrogens is 2. The van der Waals surface area contributed by atoms with Gasteiger partial charge in [0.05, 0.1) is 12.1 Å². The largest absolute Gasteiger partial charge is 0.356 e. The zero-order valence-corrected chi connectivity index (χ0v) is 13.9. The number of nitrogens with one attached hydrogen (secondary N) is 1. The van der Waals surface area contributed by atoms with E-state index in [9.17, 15) is 4.79 Å². The number of piperidine rings is 1. The number of hydrogen-bond donors (Lipinski definition) is 1. The number of fused-ring (bicyclic) bond motifs is 1. The van der Waals surface area contributed by atoms with E-state index in [1.165, 1.54) is 6.42 Å². The van der Waals surface area contributed by atoms with Crippen LogP contribution in [0.1, 0.15) is 25.0 Å². The fourth-order valence-electron chi connectivity index (χ4n) is 3.26. The topological polar surface area (TPSA) is 71.3 Å². The van der Waals surface area contributed by atoms with Gasteiger partial charge in [0.2, 0.25) is 5.91 Å². The van der Waals surface area contributed by atoms with Crippen LogP contribution in [-0.4, -0.2) is 29.1 Å². The lowest BCUT2D eigenvalue weighted by Gasteiger charge is -2.29. The van der Waals surface area contributed by atoms with E-state index in [1.807, 2.05) is 36.4 Å². The lowest BCUT2D eigenvalue weighted by Crippen LogP contribution is -2.31. The number of carbonyl (C=O) groups excluding carboxylic acids is 1. The van der Waals surface area contributed by atoms with E-state index < -0.39 is 0 Å². The average Bonchev–Trinajstić information content (AvgIpc) is 3.06. The van der Waals surface area contributed by atoms with Crippen LogP contribution in [0.25, 0.3) is 11.0 Å². The molecular formula is C19H20N4O2. The van der Waals surface area contributed by atoms with Crippen LogP contribution in [-0.2, 0) is 11.2 Å². The Morgan fingerprint density at radius 3 is 2.84 bits per heavy atom. The van der Waals surface area contributed by atoms with E-state index in [0.29, 0.717) is 11.3 Å². The Morgan fingerprint density at radius 1 is 1.12 bits per heavy atom. The van der Waals surface area contributed by atoms with E-state index in [-0.39, 0.29) is 12.3 Å². The zero-order chi connectivity index (χ0) is 17.1. The summed E-state index contributed by atoms with van der Waals surface area (Å²) in [6.45, 7) is 1.96. The second-order valence-electron chi connectivity index (χ2n) is 6.27. The van der Waals surface area contributed by atoms with Crippen LogP contribution in [0.3, 0.4) is 0 Å². The third-order valence-electron chi connectivity index (χ3n) is 4.50. The molecule has 4 rings (SSSR count). The zero-order valence-electron chi connectivity index (χ0n) is 13.9. The summed E-state index contributed by atoms with van der Waals surface area (Å²) < 4.78 is 5.27. The number of rotatable bonds is 4. The first-order valence-corrected chi connectivity index (χ1v) is 8.64. The average molecular weight is 336 g/mol. The quantitative estimate of drug-likeness (QED) is 0.791. The van der Waals surface area contributed by atoms with Crippen LogP contribution in [0, 0.1) is 0 Å². The van der Waals surface area contributed by atoms with Crippen molar-refractivity contribution < 1.29 is 9.32 Å². The van der Waals surface area contributed by atoms with Crippen molar-refractivity contribution in [1.82, 2.24) is 10.1 Å². The summed E-state index contributed by atoms with van der Waals surface area (Å²) in [4.78, 5) is 19.2. The molecule has 0 bridgehead atoms. The lowest BCUT2D eigenvalue weighted by atomic mass is 10.1. The molecule has 0 saturated carbocycles. The first-order chi connectivity index (χ1) is 12.3. The number of anilines is 2. The highest BCUT2D eigenvalue weighted by Crippen LogP contribution is 2.26. The van der Waals surface area contributed by atoms with Crippen molar-refractivity contribution in [2.24, 2.45) is 0 Å². The summed E-state index contributed by atoms with van der Waals surface area (Å²) in [7, 11) is 0. The van der Waals surface area contributed by atoms with E-state index in [1.54, 1.807) is 6.20 Å². The minimum Gasteiger partial charge on any atom is -0.356 e. The number of para-hydroxylation sites is 1. The minimum absolute atomic E-state index is 0.120. The molecule has 1 aliphatic heterocycles. The van der Waals surface area contributed by atoms with Gasteiger partial charge in [-0.3, -0.25) is 4.79 Å². The van der Waals surface area contributed by atoms with Gasteiger partial charge >= 0.3 is 0 Å². The molecule has 0 unspecified atom stereocenters. The summed E-state index contributed by atoms with van der Waals surface area (Å²) in [5, 5.41) is 7.89. The molecule has 6 nitrogen and oxygen atoms in total. The van der Waals surface area contributed by atoms with Gasteiger partial charge in [0, 0.05) is 24.7 Å². The molecule has 1 aromatic carbocycles. The van der Waals surface area contributed by atoms with Crippen LogP contribution in [0.2, 0.25) is 0 Å². The minimum atomic E-state index is -0.120. The van der Waals surface area contributed by atoms with Crippen LogP contribution >= 0.6 is 0 Å². The van der Waals surface area contributed by atoms with Crippen molar-refractivity contribution in [3.63, 3.8) is 0 Å². The molecule has 3 heterocycles. The van der Waals surface area contributed by atoms with Crippen molar-refractivity contribution in [2.45, 2.75) is 25.7 Å². The highest BCUT2D eigenvalue weighted by atomic mass is 16.5. The highest BCUT2D eigenvalue weighted by Gasteiger charge is 2.18. The number of pyridine rings is 1. The maximum atomic E-state index is 12.5. The van der Waals surface area contributed by atoms with Crippen LogP contribution < -0.4 is 10.2 Å². The summed E-state index contributed by atoms with van der Waals surface area (Å²) in [5.74, 6) is 0.728. The fraction of sp³-hybridized carbons (Fsp3) is 0.316. The fourth-order valence-corrected chi connectivity index (χ4v) is 3.26. The molecule has 1 saturated heterocycles. The first-order valence-electron chi connectivity index (χ1n) is 8.64. The number of nitrogens with zero attached hydrogens (tertiary/aromatic N) is 3. The molecule has 2 aromatic heterocycles. The Labute approximate surface area is 145 Å². The summed E-state index contributed by atoms with van der Waals surface area (Å²) >= 11 is 0. The number of amides is 1. The number of hydrogen-bond acceptors (Lipinski definition) is 5. The third kappa shape index (κ3) is 3.33. The van der Waals surface area contributed by atoms with Gasteiger partial charge in [-0.05, 0) is 43.5 Å². The van der Waals surface area contributed by atoms with Gasteiger partial charge in [0.25, 0.3) is 0 Å². The molecule has 3 aromatic rings. The predicted molar refractivity (Wildman–Crippen MR) is 96.6 cm³/mol. The van der Waals surface area contributed by atoms with Gasteiger partial charge in [-0.25, -0.2) is 4.98 Å². The van der Waals surface area contributed by atoms with Crippen molar-refractivity contribution in [1.29, 1.82) is 0 Å². The van der Waals surface area contributed by atoms with Crippen molar-refractivity contribution >= 4 is 28.4 Å². The highest BCUT2D eigenvalue weighted by molar-refractivity contribution is 5.96. The van der Waals surface area contributed by atoms with Crippen LogP contribution in [0.4, 0.5) is 11.5 Å². The molecular weight excluding hydrogens is 316 g/mol. The normalized spacial score (nSPS) is 14.6. The molecule has 0 atom stereocenters. The van der Waals surface area contributed by atoms with Crippen molar-refractivity contribution in [3.8, 4) is 0 Å². The Hall–Kier alpha value is -2.89. The van der Waals surface area contributed by atoms with Gasteiger partial charge in [0.1, 0.15) is 5.69 Å². The van der Waals surface area contributed by atoms with Crippen molar-refractivity contribution in [2.75, 3.05) is 23.3 Å². The second-order valence-corrected chi connectivity index (χ2v) is 6.27. The summed E-state index contributed by atoms with van der Waals surface area (Å²) in [6, 6.07) is 11.3. The summed E-state index contributed by atoms with van der Waals surface area (Å²) in [6.07, 6.45) is 5.52. The molecule has 128 valence electrons. The van der Waals surface area contributed by atoms with E-state index in [0.717, 1.165) is 42.8 Å². The molecule has 1 fully saturated rings. The second kappa shape index (κ2) is 6.93. The van der Waals surface area contributed by atoms with Crippen molar-refractivity contribution in [3.05, 3.63) is 48.3 Å². The maximum Gasteiger partial charge on any atom is 0.230 e. The van der Waals surface area contributed by atoms with Crippen LogP contribution in [0.5, 0.6) is 0 Å². The molecule has 1 aliphatic rings. The molecule has 1 N–H and O–H groups in total.